The van der Waals surface area contributed by atoms with Crippen LogP contribution in [-0.4, -0.2) is 39.1 Å². The van der Waals surface area contributed by atoms with Crippen LogP contribution in [0.15, 0.2) is 54.6 Å². The average Bonchev–Trinajstić information content (AvgIpc) is 2.57. The van der Waals surface area contributed by atoms with Gasteiger partial charge in [-0.2, -0.15) is 0 Å². The first kappa shape index (κ1) is 14.6. The van der Waals surface area contributed by atoms with Gasteiger partial charge in [0.05, 0.1) is 44.6 Å². The minimum absolute atomic E-state index is 0.0622. The third-order valence-corrected chi connectivity index (χ3v) is 4.15. The van der Waals surface area contributed by atoms with Crippen molar-refractivity contribution >= 4 is 17.3 Å². The minimum atomic E-state index is -0.0622. The number of nitrogens with zero attached hydrogens (tertiary/aromatic N) is 1. The first-order chi connectivity index (χ1) is 10.7. The molecule has 0 radical (unpaired) electrons. The number of hydrogen-bond donors (Lipinski definition) is 2. The summed E-state index contributed by atoms with van der Waals surface area (Å²) in [5.74, 6) is -0.0622. The van der Waals surface area contributed by atoms with Gasteiger partial charge in [-0.05, 0) is 24.3 Å². The quantitative estimate of drug-likeness (QED) is 0.895. The molecule has 1 saturated heterocycles. The maximum Gasteiger partial charge on any atom is 0.255 e. The smallest absolute Gasteiger partial charge is 0.255 e. The number of benzene rings is 2. The number of para-hydroxylation sites is 2. The second-order valence-corrected chi connectivity index (χ2v) is 5.78. The first-order valence-electron chi connectivity index (χ1n) is 7.76. The van der Waals surface area contributed by atoms with Crippen LogP contribution < -0.4 is 15.1 Å². The number of likely N-dealkylation sites (N-methyl/N-ethyl adjacent to an activating group) is 1. The molecule has 0 unspecified atom stereocenters. The molecule has 0 atom stereocenters. The van der Waals surface area contributed by atoms with Crippen molar-refractivity contribution < 1.29 is 9.69 Å². The Balaban J connectivity index is 1.78. The monoisotopic (exact) mass is 296 g/mol. The number of hydrogen-bond acceptors (Lipinski definition) is 2. The minimum Gasteiger partial charge on any atom is -0.359 e. The summed E-state index contributed by atoms with van der Waals surface area (Å²) in [6, 6.07) is 17.4. The van der Waals surface area contributed by atoms with Gasteiger partial charge in [0, 0.05) is 5.56 Å². The molecule has 0 bridgehead atoms. The highest BCUT2D eigenvalue weighted by molar-refractivity contribution is 6.05. The second-order valence-electron chi connectivity index (χ2n) is 5.78. The summed E-state index contributed by atoms with van der Waals surface area (Å²) in [6.07, 6.45) is 0. The number of quaternary nitrogens is 1. The lowest BCUT2D eigenvalue weighted by molar-refractivity contribution is -0.880. The Labute approximate surface area is 131 Å². The van der Waals surface area contributed by atoms with Crippen molar-refractivity contribution in [1.82, 2.24) is 0 Å². The molecule has 1 aliphatic heterocycles. The van der Waals surface area contributed by atoms with Gasteiger partial charge in [0.2, 0.25) is 0 Å². The van der Waals surface area contributed by atoms with Crippen LogP contribution in [0.3, 0.4) is 0 Å². The highest BCUT2D eigenvalue weighted by Gasteiger charge is 2.19. The lowest BCUT2D eigenvalue weighted by atomic mass is 10.2. The number of nitrogens with one attached hydrogen (secondary N) is 2. The van der Waals surface area contributed by atoms with Gasteiger partial charge < -0.3 is 15.1 Å². The van der Waals surface area contributed by atoms with Crippen molar-refractivity contribution in [2.75, 3.05) is 43.4 Å². The molecule has 1 fully saturated rings. The van der Waals surface area contributed by atoms with Crippen molar-refractivity contribution in [1.29, 1.82) is 0 Å². The number of piperazine rings is 1. The topological polar surface area (TPSA) is 36.8 Å². The molecule has 3 rings (SSSR count). The van der Waals surface area contributed by atoms with Gasteiger partial charge >= 0.3 is 0 Å². The molecule has 2 aromatic carbocycles. The molecule has 114 valence electrons. The molecule has 0 aliphatic carbocycles. The fourth-order valence-electron chi connectivity index (χ4n) is 2.77. The molecule has 4 nitrogen and oxygen atoms in total. The third-order valence-electron chi connectivity index (χ3n) is 4.15. The Bertz CT molecular complexity index is 634. The molecule has 0 spiro atoms. The molecule has 2 aromatic rings. The van der Waals surface area contributed by atoms with E-state index in [1.807, 2.05) is 48.5 Å². The summed E-state index contributed by atoms with van der Waals surface area (Å²) in [5.41, 5.74) is 2.68. The van der Waals surface area contributed by atoms with Crippen molar-refractivity contribution in [3.05, 3.63) is 60.2 Å². The van der Waals surface area contributed by atoms with E-state index in [-0.39, 0.29) is 5.91 Å². The Morgan fingerprint density at radius 3 is 2.36 bits per heavy atom. The number of rotatable bonds is 3. The fourth-order valence-corrected chi connectivity index (χ4v) is 2.77. The first-order valence-corrected chi connectivity index (χ1v) is 7.76. The van der Waals surface area contributed by atoms with Crippen LogP contribution in [0, 0.1) is 0 Å². The molecule has 0 saturated carbocycles. The molecular formula is C18H22N3O+. The van der Waals surface area contributed by atoms with E-state index in [1.165, 1.54) is 0 Å². The van der Waals surface area contributed by atoms with Crippen LogP contribution in [0.1, 0.15) is 10.4 Å². The van der Waals surface area contributed by atoms with E-state index in [0.717, 1.165) is 37.6 Å². The second kappa shape index (κ2) is 6.62. The predicted octanol–water partition coefficient (Wildman–Crippen LogP) is 1.27. The summed E-state index contributed by atoms with van der Waals surface area (Å²) in [4.78, 5) is 16.3. The third kappa shape index (κ3) is 3.28. The normalized spacial score (nSPS) is 15.6. The van der Waals surface area contributed by atoms with Crippen molar-refractivity contribution in [2.24, 2.45) is 0 Å². The summed E-state index contributed by atoms with van der Waals surface area (Å²) in [5, 5.41) is 3.05. The van der Waals surface area contributed by atoms with Crippen LogP contribution in [0.4, 0.5) is 11.4 Å². The number of carbonyl (C=O) groups is 1. The zero-order valence-corrected chi connectivity index (χ0v) is 12.9. The lowest BCUT2D eigenvalue weighted by Crippen LogP contribution is -3.12. The highest BCUT2D eigenvalue weighted by Crippen LogP contribution is 2.26. The SMILES string of the molecule is C[NH+]1CCN(c2ccccc2NC(=O)c2ccccc2)CC1. The molecule has 1 amide bonds. The van der Waals surface area contributed by atoms with E-state index < -0.39 is 0 Å². The van der Waals surface area contributed by atoms with Gasteiger partial charge in [0.1, 0.15) is 0 Å². The van der Waals surface area contributed by atoms with Crippen LogP contribution in [0.2, 0.25) is 0 Å². The van der Waals surface area contributed by atoms with E-state index in [9.17, 15) is 4.79 Å². The summed E-state index contributed by atoms with van der Waals surface area (Å²) >= 11 is 0. The highest BCUT2D eigenvalue weighted by atomic mass is 16.1. The molecule has 22 heavy (non-hydrogen) atoms. The summed E-state index contributed by atoms with van der Waals surface area (Å²) in [6.45, 7) is 4.29. The maximum atomic E-state index is 12.4. The zero-order valence-electron chi connectivity index (χ0n) is 12.9. The molecule has 1 heterocycles. The van der Waals surface area contributed by atoms with Crippen LogP contribution in [0.5, 0.6) is 0 Å². The van der Waals surface area contributed by atoms with Gasteiger partial charge in [0.25, 0.3) is 5.91 Å². The van der Waals surface area contributed by atoms with Crippen LogP contribution in [0.25, 0.3) is 0 Å². The van der Waals surface area contributed by atoms with E-state index >= 15 is 0 Å². The summed E-state index contributed by atoms with van der Waals surface area (Å²) in [7, 11) is 2.22. The number of carbonyl (C=O) groups excluding carboxylic acids is 1. The molecule has 1 aliphatic rings. The van der Waals surface area contributed by atoms with E-state index in [0.29, 0.717) is 5.56 Å². The van der Waals surface area contributed by atoms with Crippen molar-refractivity contribution in [3.63, 3.8) is 0 Å². The van der Waals surface area contributed by atoms with Crippen LogP contribution in [-0.2, 0) is 0 Å². The predicted molar refractivity (Wildman–Crippen MR) is 89.7 cm³/mol. The van der Waals surface area contributed by atoms with Crippen molar-refractivity contribution in [2.45, 2.75) is 0 Å². The molecule has 2 N–H and O–H groups in total. The summed E-state index contributed by atoms with van der Waals surface area (Å²) < 4.78 is 0. The Kier molecular flexibility index (Phi) is 4.39. The largest absolute Gasteiger partial charge is 0.359 e. The van der Waals surface area contributed by atoms with E-state index in [4.69, 9.17) is 0 Å². The number of anilines is 2. The van der Waals surface area contributed by atoms with E-state index in [1.54, 1.807) is 4.90 Å². The molecule has 4 heteroatoms. The van der Waals surface area contributed by atoms with Gasteiger partial charge in [-0.15, -0.1) is 0 Å². The van der Waals surface area contributed by atoms with Gasteiger partial charge in [0.15, 0.2) is 0 Å². The van der Waals surface area contributed by atoms with Gasteiger partial charge in [-0.25, -0.2) is 0 Å². The molecular weight excluding hydrogens is 274 g/mol. The standard InChI is InChI=1S/C18H21N3O/c1-20-11-13-21(14-12-20)17-10-6-5-9-16(17)19-18(22)15-7-3-2-4-8-15/h2-10H,11-14H2,1H3,(H,19,22)/p+1. The zero-order chi connectivity index (χ0) is 15.4. The Hall–Kier alpha value is -2.33. The fraction of sp³-hybridized carbons (Fsp3) is 0.278. The number of amides is 1. The van der Waals surface area contributed by atoms with Crippen LogP contribution >= 0.6 is 0 Å². The Morgan fingerprint density at radius 1 is 1.00 bits per heavy atom. The lowest BCUT2D eigenvalue weighted by Gasteiger charge is -2.33. The average molecular weight is 296 g/mol. The van der Waals surface area contributed by atoms with Gasteiger partial charge in [-0.1, -0.05) is 30.3 Å². The molecule has 0 aromatic heterocycles. The van der Waals surface area contributed by atoms with Crippen molar-refractivity contribution in [3.8, 4) is 0 Å². The van der Waals surface area contributed by atoms with E-state index in [2.05, 4.69) is 23.3 Å². The van der Waals surface area contributed by atoms with Gasteiger partial charge in [-0.3, -0.25) is 4.79 Å². The maximum absolute atomic E-state index is 12.4. The Morgan fingerprint density at radius 2 is 1.64 bits per heavy atom.